The van der Waals surface area contributed by atoms with Crippen LogP contribution in [-0.2, 0) is 0 Å². The summed E-state index contributed by atoms with van der Waals surface area (Å²) in [6.45, 7) is 5.95. The monoisotopic (exact) mass is 404 g/mol. The second-order valence-corrected chi connectivity index (χ2v) is 7.58. The molecule has 0 spiro atoms. The van der Waals surface area contributed by atoms with Crippen molar-refractivity contribution < 1.29 is 9.53 Å². The summed E-state index contributed by atoms with van der Waals surface area (Å²) in [5, 5.41) is 5.13. The van der Waals surface area contributed by atoms with E-state index >= 15 is 0 Å². The third-order valence-electron chi connectivity index (χ3n) is 5.48. The van der Waals surface area contributed by atoms with Gasteiger partial charge in [-0.3, -0.25) is 4.90 Å². The highest BCUT2D eigenvalue weighted by Gasteiger charge is 2.17. The van der Waals surface area contributed by atoms with Gasteiger partial charge in [0.2, 0.25) is 0 Å². The van der Waals surface area contributed by atoms with Crippen LogP contribution in [0.3, 0.4) is 0 Å². The van der Waals surface area contributed by atoms with Gasteiger partial charge in [-0.2, -0.15) is 0 Å². The average molecular weight is 405 g/mol. The van der Waals surface area contributed by atoms with Crippen LogP contribution in [0.25, 0.3) is 10.8 Å². The quantitative estimate of drug-likeness (QED) is 0.586. The highest BCUT2D eigenvalue weighted by atomic mass is 16.5. The van der Waals surface area contributed by atoms with Crippen LogP contribution in [-0.4, -0.2) is 50.3 Å². The SMILES string of the molecule is NC(=O)Nc1ccc(OCCCN2CCN(c3ccc4ccccc4c3)CC2)cc1. The Morgan fingerprint density at radius 3 is 2.40 bits per heavy atom. The largest absolute Gasteiger partial charge is 0.494 e. The molecule has 0 aliphatic carbocycles. The molecular weight excluding hydrogens is 376 g/mol. The zero-order valence-electron chi connectivity index (χ0n) is 17.1. The number of benzene rings is 3. The van der Waals surface area contributed by atoms with E-state index in [0.29, 0.717) is 12.3 Å². The number of urea groups is 1. The van der Waals surface area contributed by atoms with Crippen molar-refractivity contribution in [2.75, 3.05) is 49.5 Å². The maximum absolute atomic E-state index is 10.8. The summed E-state index contributed by atoms with van der Waals surface area (Å²) in [6, 6.07) is 21.9. The molecule has 0 radical (unpaired) electrons. The minimum Gasteiger partial charge on any atom is -0.494 e. The number of fused-ring (bicyclic) bond motifs is 1. The summed E-state index contributed by atoms with van der Waals surface area (Å²) in [5.41, 5.74) is 7.08. The normalized spacial score (nSPS) is 14.6. The minimum absolute atomic E-state index is 0.565. The molecule has 1 fully saturated rings. The summed E-state index contributed by atoms with van der Waals surface area (Å²) in [4.78, 5) is 15.8. The predicted octanol–water partition coefficient (Wildman–Crippen LogP) is 3.92. The number of rotatable bonds is 7. The minimum atomic E-state index is -0.565. The number of hydrogen-bond donors (Lipinski definition) is 2. The van der Waals surface area contributed by atoms with Crippen LogP contribution in [0, 0.1) is 0 Å². The van der Waals surface area contributed by atoms with E-state index in [-0.39, 0.29) is 0 Å². The number of ether oxygens (including phenoxy) is 1. The lowest BCUT2D eigenvalue weighted by atomic mass is 10.1. The van der Waals surface area contributed by atoms with Crippen LogP contribution in [0.15, 0.2) is 66.7 Å². The van der Waals surface area contributed by atoms with Crippen LogP contribution in [0.5, 0.6) is 5.75 Å². The van der Waals surface area contributed by atoms with Crippen LogP contribution in [0.4, 0.5) is 16.2 Å². The van der Waals surface area contributed by atoms with E-state index in [0.717, 1.165) is 44.9 Å². The Labute approximate surface area is 177 Å². The van der Waals surface area contributed by atoms with Gasteiger partial charge in [-0.1, -0.05) is 30.3 Å². The Hall–Kier alpha value is -3.25. The molecule has 1 aliphatic rings. The molecule has 30 heavy (non-hydrogen) atoms. The van der Waals surface area contributed by atoms with E-state index in [1.54, 1.807) is 12.1 Å². The molecule has 0 atom stereocenters. The molecule has 2 amide bonds. The number of primary amides is 1. The molecule has 3 aromatic carbocycles. The van der Waals surface area contributed by atoms with Crippen molar-refractivity contribution in [2.24, 2.45) is 5.73 Å². The van der Waals surface area contributed by atoms with Crippen molar-refractivity contribution in [3.05, 3.63) is 66.7 Å². The molecular formula is C24H28N4O2. The van der Waals surface area contributed by atoms with Gasteiger partial charge in [0.15, 0.2) is 0 Å². The fourth-order valence-corrected chi connectivity index (χ4v) is 3.86. The fourth-order valence-electron chi connectivity index (χ4n) is 3.86. The molecule has 3 N–H and O–H groups in total. The molecule has 156 valence electrons. The molecule has 1 aliphatic heterocycles. The van der Waals surface area contributed by atoms with Gasteiger partial charge in [-0.25, -0.2) is 4.79 Å². The second kappa shape index (κ2) is 9.50. The zero-order valence-corrected chi connectivity index (χ0v) is 17.1. The van der Waals surface area contributed by atoms with Crippen LogP contribution >= 0.6 is 0 Å². The first-order chi connectivity index (χ1) is 14.7. The summed E-state index contributed by atoms with van der Waals surface area (Å²) >= 11 is 0. The van der Waals surface area contributed by atoms with Gasteiger partial charge in [0.1, 0.15) is 5.75 Å². The summed E-state index contributed by atoms with van der Waals surface area (Å²) in [7, 11) is 0. The van der Waals surface area contributed by atoms with E-state index in [4.69, 9.17) is 10.5 Å². The fraction of sp³-hybridized carbons (Fsp3) is 0.292. The van der Waals surface area contributed by atoms with Gasteiger partial charge in [0.25, 0.3) is 0 Å². The molecule has 1 saturated heterocycles. The van der Waals surface area contributed by atoms with Gasteiger partial charge >= 0.3 is 6.03 Å². The van der Waals surface area contributed by atoms with Gasteiger partial charge in [-0.15, -0.1) is 0 Å². The standard InChI is InChI=1S/C24H28N4O2/c25-24(29)26-21-7-10-23(11-8-21)30-17-3-12-27-13-15-28(16-14-27)22-9-6-19-4-1-2-5-20(19)18-22/h1-2,4-11,18H,3,12-17H2,(H3,25,26,29). The van der Waals surface area contributed by atoms with Gasteiger partial charge < -0.3 is 20.7 Å². The highest BCUT2D eigenvalue weighted by molar-refractivity contribution is 5.87. The number of piperazine rings is 1. The predicted molar refractivity (Wildman–Crippen MR) is 122 cm³/mol. The van der Waals surface area contributed by atoms with Crippen molar-refractivity contribution in [2.45, 2.75) is 6.42 Å². The number of nitrogens with one attached hydrogen (secondary N) is 1. The van der Waals surface area contributed by atoms with E-state index < -0.39 is 6.03 Å². The number of carbonyl (C=O) groups is 1. The maximum atomic E-state index is 10.8. The van der Waals surface area contributed by atoms with Crippen molar-refractivity contribution in [1.82, 2.24) is 4.90 Å². The van der Waals surface area contributed by atoms with E-state index in [9.17, 15) is 4.79 Å². The number of nitrogens with two attached hydrogens (primary N) is 1. The van der Waals surface area contributed by atoms with Crippen molar-refractivity contribution in [3.63, 3.8) is 0 Å². The van der Waals surface area contributed by atoms with Crippen molar-refractivity contribution in [1.29, 1.82) is 0 Å². The number of carbonyl (C=O) groups excluding carboxylic acids is 1. The van der Waals surface area contributed by atoms with Crippen LogP contribution in [0.1, 0.15) is 6.42 Å². The maximum Gasteiger partial charge on any atom is 0.316 e. The number of hydrogen-bond acceptors (Lipinski definition) is 4. The lowest BCUT2D eigenvalue weighted by molar-refractivity contribution is 0.225. The van der Waals surface area contributed by atoms with Gasteiger partial charge in [0.05, 0.1) is 6.61 Å². The molecule has 0 aromatic heterocycles. The zero-order chi connectivity index (χ0) is 20.8. The molecule has 4 rings (SSSR count). The molecule has 0 unspecified atom stereocenters. The van der Waals surface area contributed by atoms with E-state index in [1.807, 2.05) is 12.1 Å². The first kappa shape index (κ1) is 20.0. The Bertz CT molecular complexity index is 982. The topological polar surface area (TPSA) is 70.8 Å². The third kappa shape index (κ3) is 5.21. The summed E-state index contributed by atoms with van der Waals surface area (Å²) in [5.74, 6) is 0.797. The molecule has 3 aromatic rings. The van der Waals surface area contributed by atoms with Gasteiger partial charge in [-0.05, 0) is 53.6 Å². The Morgan fingerprint density at radius 1 is 0.933 bits per heavy atom. The molecule has 0 bridgehead atoms. The number of nitrogens with zero attached hydrogens (tertiary/aromatic N) is 2. The van der Waals surface area contributed by atoms with E-state index in [2.05, 4.69) is 57.6 Å². The lowest BCUT2D eigenvalue weighted by Gasteiger charge is -2.36. The second-order valence-electron chi connectivity index (χ2n) is 7.58. The van der Waals surface area contributed by atoms with E-state index in [1.165, 1.54) is 16.5 Å². The first-order valence-electron chi connectivity index (χ1n) is 10.4. The van der Waals surface area contributed by atoms with Crippen LogP contribution < -0.4 is 20.7 Å². The summed E-state index contributed by atoms with van der Waals surface area (Å²) < 4.78 is 5.81. The number of anilines is 2. The average Bonchev–Trinajstić information content (AvgIpc) is 2.77. The molecule has 1 heterocycles. The van der Waals surface area contributed by atoms with Crippen molar-refractivity contribution in [3.8, 4) is 5.75 Å². The molecule has 0 saturated carbocycles. The lowest BCUT2D eigenvalue weighted by Crippen LogP contribution is -2.46. The smallest absolute Gasteiger partial charge is 0.316 e. The van der Waals surface area contributed by atoms with Crippen molar-refractivity contribution >= 4 is 28.2 Å². The third-order valence-corrected chi connectivity index (χ3v) is 5.48. The number of amides is 2. The van der Waals surface area contributed by atoms with Crippen LogP contribution in [0.2, 0.25) is 0 Å². The summed E-state index contributed by atoms with van der Waals surface area (Å²) in [6.07, 6.45) is 0.983. The molecule has 6 nitrogen and oxygen atoms in total. The first-order valence-corrected chi connectivity index (χ1v) is 10.4. The van der Waals surface area contributed by atoms with Gasteiger partial charge in [0, 0.05) is 44.1 Å². The Morgan fingerprint density at radius 2 is 1.67 bits per heavy atom. The Balaban J connectivity index is 1.18. The molecule has 6 heteroatoms. The Kier molecular flexibility index (Phi) is 6.35. The highest BCUT2D eigenvalue weighted by Crippen LogP contribution is 2.23.